The van der Waals surface area contributed by atoms with E-state index in [1.54, 1.807) is 0 Å². The first-order valence-corrected chi connectivity index (χ1v) is 16.1. The van der Waals surface area contributed by atoms with Crippen LogP contribution in [0.2, 0.25) is 0 Å². The molecule has 0 amide bonds. The molecule has 216 valence electrons. The Bertz CT molecular complexity index is 1300. The summed E-state index contributed by atoms with van der Waals surface area (Å²) in [6.07, 6.45) is 15.6. The van der Waals surface area contributed by atoms with Crippen LogP contribution >= 0.6 is 0 Å². The maximum absolute atomic E-state index is 14.0. The van der Waals surface area contributed by atoms with Gasteiger partial charge in [-0.2, -0.15) is 0 Å². The molecule has 2 heterocycles. The standard InChI is InChI=1S/C36H49NO3/c1-31(2)14-16-36-17-15-34(6)24(27(36)29(31)40-30(36)39)8-9-26-33(5)21-23(20-22-11-18-37-19-12-22)28(38)32(3,4)25(33)10-13-35(26,34)7/h11-12,18-20,24-27,29H,8-10,13-17,21H2,1-7H3/b23-20-/t24-,25+,26-,27+,29-,33+,34-,35-,36+/m1/s1. The number of rotatable bonds is 1. The zero-order valence-corrected chi connectivity index (χ0v) is 25.8. The second kappa shape index (κ2) is 8.10. The SMILES string of the molecule is CC1(C)CC[C@]23CC[C@]4(C)[C@H](CC[C@@H]5[C@@]6(C)C/C(=C/c7ccncc7)C(=O)C(C)(C)[C@@H]6CC[C@]54C)[C@H]2[C@H]1OC3=O. The van der Waals surface area contributed by atoms with E-state index in [1.807, 2.05) is 24.5 Å². The Morgan fingerprint density at radius 2 is 1.52 bits per heavy atom. The number of Topliss-reactive ketones (excluding diaryl/α,β-unsaturated/α-hetero) is 1. The number of pyridine rings is 1. The number of ether oxygens (including phenoxy) is 1. The number of hydrogen-bond donors (Lipinski definition) is 0. The summed E-state index contributed by atoms with van der Waals surface area (Å²) in [5.41, 5.74) is 1.96. The zero-order valence-electron chi connectivity index (χ0n) is 25.8. The summed E-state index contributed by atoms with van der Waals surface area (Å²) in [5, 5.41) is 0. The van der Waals surface area contributed by atoms with Crippen LogP contribution in [0.3, 0.4) is 0 Å². The van der Waals surface area contributed by atoms with Crippen LogP contribution in [-0.2, 0) is 14.3 Å². The largest absolute Gasteiger partial charge is 0.461 e. The van der Waals surface area contributed by atoms with Gasteiger partial charge in [-0.15, -0.1) is 0 Å². The van der Waals surface area contributed by atoms with Crippen LogP contribution in [0.1, 0.15) is 112 Å². The molecule has 2 bridgehead atoms. The van der Waals surface area contributed by atoms with Crippen LogP contribution in [0, 0.1) is 56.2 Å². The third-order valence-corrected chi connectivity index (χ3v) is 14.7. The molecule has 6 aliphatic rings. The van der Waals surface area contributed by atoms with Gasteiger partial charge in [0.15, 0.2) is 5.78 Å². The normalized spacial score (nSPS) is 49.4. The number of fused-ring (bicyclic) bond motifs is 5. The molecule has 0 aromatic carbocycles. The third-order valence-electron chi connectivity index (χ3n) is 14.7. The lowest BCUT2D eigenvalue weighted by Gasteiger charge is -2.72. The Morgan fingerprint density at radius 1 is 0.825 bits per heavy atom. The van der Waals surface area contributed by atoms with Gasteiger partial charge in [-0.3, -0.25) is 14.6 Å². The van der Waals surface area contributed by atoms with Crippen molar-refractivity contribution < 1.29 is 14.3 Å². The predicted octanol–water partition coefficient (Wildman–Crippen LogP) is 8.06. The fraction of sp³-hybridized carbons (Fsp3) is 0.750. The van der Waals surface area contributed by atoms with E-state index in [9.17, 15) is 9.59 Å². The van der Waals surface area contributed by atoms with E-state index in [0.29, 0.717) is 29.5 Å². The number of ketones is 1. The molecular formula is C36H49NO3. The molecule has 5 saturated carbocycles. The summed E-state index contributed by atoms with van der Waals surface area (Å²) in [4.78, 5) is 31.7. The van der Waals surface area contributed by atoms with Crippen molar-refractivity contribution in [2.75, 3.05) is 0 Å². The molecule has 9 atom stereocenters. The molecule has 0 radical (unpaired) electrons. The quantitative estimate of drug-likeness (QED) is 0.265. The highest BCUT2D eigenvalue weighted by molar-refractivity contribution is 6.04. The predicted molar refractivity (Wildman–Crippen MR) is 157 cm³/mol. The van der Waals surface area contributed by atoms with E-state index < -0.39 is 0 Å². The number of hydrogen-bond acceptors (Lipinski definition) is 4. The van der Waals surface area contributed by atoms with Gasteiger partial charge in [-0.05, 0) is 121 Å². The maximum atomic E-state index is 14.0. The molecule has 4 heteroatoms. The summed E-state index contributed by atoms with van der Waals surface area (Å²) >= 11 is 0. The number of nitrogens with zero attached hydrogens (tertiary/aromatic N) is 1. The van der Waals surface area contributed by atoms with E-state index in [1.165, 1.54) is 19.3 Å². The molecule has 1 saturated heterocycles. The highest BCUT2D eigenvalue weighted by atomic mass is 16.6. The summed E-state index contributed by atoms with van der Waals surface area (Å²) in [6.45, 7) is 16.9. The molecule has 7 rings (SSSR count). The van der Waals surface area contributed by atoms with Crippen molar-refractivity contribution in [3.8, 4) is 0 Å². The summed E-state index contributed by atoms with van der Waals surface area (Å²) in [6, 6.07) is 4.03. The minimum absolute atomic E-state index is 0.0559. The molecule has 5 aliphatic carbocycles. The molecule has 0 spiro atoms. The Hall–Kier alpha value is -1.97. The first-order chi connectivity index (χ1) is 18.7. The lowest BCUT2D eigenvalue weighted by atomic mass is 9.31. The smallest absolute Gasteiger partial charge is 0.312 e. The van der Waals surface area contributed by atoms with Gasteiger partial charge in [0.25, 0.3) is 0 Å². The first-order valence-electron chi connectivity index (χ1n) is 16.1. The number of carbonyl (C=O) groups is 2. The van der Waals surface area contributed by atoms with Gasteiger partial charge in [-0.1, -0.05) is 48.5 Å². The lowest BCUT2D eigenvalue weighted by Crippen LogP contribution is -2.67. The highest BCUT2D eigenvalue weighted by Crippen LogP contribution is 2.78. The summed E-state index contributed by atoms with van der Waals surface area (Å²) in [7, 11) is 0. The minimum Gasteiger partial charge on any atom is -0.461 e. The third kappa shape index (κ3) is 3.12. The van der Waals surface area contributed by atoms with Gasteiger partial charge in [0.2, 0.25) is 0 Å². The van der Waals surface area contributed by atoms with E-state index in [2.05, 4.69) is 59.5 Å². The average molecular weight is 544 g/mol. The van der Waals surface area contributed by atoms with Crippen molar-refractivity contribution in [1.82, 2.24) is 4.98 Å². The number of allylic oxidation sites excluding steroid dienone is 1. The molecule has 40 heavy (non-hydrogen) atoms. The van der Waals surface area contributed by atoms with Crippen molar-refractivity contribution in [3.05, 3.63) is 35.7 Å². The van der Waals surface area contributed by atoms with Crippen LogP contribution < -0.4 is 0 Å². The fourth-order valence-corrected chi connectivity index (χ4v) is 12.5. The van der Waals surface area contributed by atoms with Crippen molar-refractivity contribution in [1.29, 1.82) is 0 Å². The van der Waals surface area contributed by atoms with Gasteiger partial charge < -0.3 is 4.74 Å². The van der Waals surface area contributed by atoms with Gasteiger partial charge in [0.1, 0.15) is 6.10 Å². The number of esters is 1. The van der Waals surface area contributed by atoms with Gasteiger partial charge in [-0.25, -0.2) is 0 Å². The Kier molecular flexibility index (Phi) is 5.45. The highest BCUT2D eigenvalue weighted by Gasteiger charge is 2.75. The summed E-state index contributed by atoms with van der Waals surface area (Å²) < 4.78 is 6.33. The second-order valence-corrected chi connectivity index (χ2v) is 16.8. The average Bonchev–Trinajstić information content (AvgIpc) is 3.15. The second-order valence-electron chi connectivity index (χ2n) is 16.8. The van der Waals surface area contributed by atoms with E-state index >= 15 is 0 Å². The molecule has 1 aliphatic heterocycles. The van der Waals surface area contributed by atoms with Gasteiger partial charge in [0.05, 0.1) is 5.41 Å². The van der Waals surface area contributed by atoms with Crippen LogP contribution in [0.4, 0.5) is 0 Å². The molecular weight excluding hydrogens is 494 g/mol. The van der Waals surface area contributed by atoms with Gasteiger partial charge >= 0.3 is 5.97 Å². The number of aromatic nitrogens is 1. The fourth-order valence-electron chi connectivity index (χ4n) is 12.5. The lowest BCUT2D eigenvalue weighted by molar-refractivity contribution is -0.236. The molecule has 0 N–H and O–H groups in total. The van der Waals surface area contributed by atoms with Crippen molar-refractivity contribution in [3.63, 3.8) is 0 Å². The maximum Gasteiger partial charge on any atom is 0.312 e. The van der Waals surface area contributed by atoms with E-state index in [0.717, 1.165) is 49.7 Å². The van der Waals surface area contributed by atoms with Gasteiger partial charge in [0, 0.05) is 29.1 Å². The Morgan fingerprint density at radius 3 is 2.25 bits per heavy atom. The van der Waals surface area contributed by atoms with Crippen LogP contribution in [-0.4, -0.2) is 22.8 Å². The minimum atomic E-state index is -0.367. The molecule has 4 nitrogen and oxygen atoms in total. The summed E-state index contributed by atoms with van der Waals surface area (Å²) in [5.74, 6) is 2.31. The molecule has 1 aromatic rings. The van der Waals surface area contributed by atoms with E-state index in [4.69, 9.17) is 4.74 Å². The Labute approximate surface area is 241 Å². The van der Waals surface area contributed by atoms with Crippen molar-refractivity contribution in [2.45, 2.75) is 112 Å². The zero-order chi connectivity index (χ0) is 28.5. The van der Waals surface area contributed by atoms with Crippen molar-refractivity contribution >= 4 is 17.8 Å². The van der Waals surface area contributed by atoms with Crippen LogP contribution in [0.25, 0.3) is 6.08 Å². The molecule has 0 unspecified atom stereocenters. The molecule has 1 aromatic heterocycles. The molecule has 6 fully saturated rings. The van der Waals surface area contributed by atoms with E-state index in [-0.39, 0.29) is 44.6 Å². The van der Waals surface area contributed by atoms with Crippen LogP contribution in [0.5, 0.6) is 0 Å². The van der Waals surface area contributed by atoms with Crippen molar-refractivity contribution in [2.24, 2.45) is 56.2 Å². The topological polar surface area (TPSA) is 56.3 Å². The number of carbonyl (C=O) groups excluding carboxylic acids is 2. The Balaban J connectivity index is 1.29. The monoisotopic (exact) mass is 543 g/mol. The first kappa shape index (κ1) is 26.9. The van der Waals surface area contributed by atoms with Crippen LogP contribution in [0.15, 0.2) is 30.1 Å².